The summed E-state index contributed by atoms with van der Waals surface area (Å²) in [6.45, 7) is 2.58. The third-order valence-corrected chi connectivity index (χ3v) is 4.79. The van der Waals surface area contributed by atoms with Crippen LogP contribution >= 0.6 is 0 Å². The van der Waals surface area contributed by atoms with Gasteiger partial charge in [0.15, 0.2) is 0 Å². The number of nitrogens with one attached hydrogen (secondary N) is 1. The van der Waals surface area contributed by atoms with Gasteiger partial charge in [0.25, 0.3) is 5.91 Å². The van der Waals surface area contributed by atoms with Crippen LogP contribution < -0.4 is 10.2 Å². The molecule has 0 saturated heterocycles. The van der Waals surface area contributed by atoms with Crippen molar-refractivity contribution in [2.45, 2.75) is 13.5 Å². The molecule has 0 atom stereocenters. The van der Waals surface area contributed by atoms with Crippen LogP contribution in [0.2, 0.25) is 0 Å². The molecule has 1 N–H and O–H groups in total. The summed E-state index contributed by atoms with van der Waals surface area (Å²) in [5.41, 5.74) is 4.32. The summed E-state index contributed by atoms with van der Waals surface area (Å²) < 4.78 is 0. The largest absolute Gasteiger partial charge is 0.322 e. The van der Waals surface area contributed by atoms with Gasteiger partial charge in [-0.15, -0.1) is 0 Å². The van der Waals surface area contributed by atoms with E-state index in [1.807, 2.05) is 84.6 Å². The van der Waals surface area contributed by atoms with Crippen molar-refractivity contribution in [3.63, 3.8) is 0 Å². The van der Waals surface area contributed by atoms with Gasteiger partial charge in [-0.3, -0.25) is 4.79 Å². The second-order valence-corrected chi connectivity index (χ2v) is 6.95. The minimum absolute atomic E-state index is 0.231. The molecule has 3 aromatic carbocycles. The van der Waals surface area contributed by atoms with E-state index < -0.39 is 0 Å². The second-order valence-electron chi connectivity index (χ2n) is 6.95. The predicted molar refractivity (Wildman–Crippen MR) is 120 cm³/mol. The van der Waals surface area contributed by atoms with Crippen LogP contribution in [-0.4, -0.2) is 15.9 Å². The average Bonchev–Trinajstić information content (AvgIpc) is 2.80. The normalized spacial score (nSPS) is 10.4. The summed E-state index contributed by atoms with van der Waals surface area (Å²) in [5.74, 6) is 0.308. The van der Waals surface area contributed by atoms with Crippen LogP contribution in [0, 0.1) is 6.92 Å². The molecule has 5 heteroatoms. The molecule has 0 radical (unpaired) electrons. The summed E-state index contributed by atoms with van der Waals surface area (Å²) in [6, 6.07) is 27.8. The first-order chi connectivity index (χ1) is 14.7. The Bertz CT molecular complexity index is 1110. The van der Waals surface area contributed by atoms with Crippen molar-refractivity contribution >= 4 is 23.2 Å². The van der Waals surface area contributed by atoms with Crippen molar-refractivity contribution in [2.24, 2.45) is 0 Å². The fourth-order valence-corrected chi connectivity index (χ4v) is 3.14. The molecule has 0 saturated carbocycles. The monoisotopic (exact) mass is 394 g/mol. The molecule has 148 valence electrons. The molecule has 0 bridgehead atoms. The maximum absolute atomic E-state index is 12.6. The fourth-order valence-electron chi connectivity index (χ4n) is 3.14. The summed E-state index contributed by atoms with van der Waals surface area (Å²) in [7, 11) is 0. The van der Waals surface area contributed by atoms with Gasteiger partial charge in [-0.1, -0.05) is 66.7 Å². The molecule has 0 unspecified atom stereocenters. The number of aryl methyl sites for hydroxylation is 1. The van der Waals surface area contributed by atoms with Gasteiger partial charge < -0.3 is 10.2 Å². The molecule has 0 fully saturated rings. The topological polar surface area (TPSA) is 58.1 Å². The number of benzene rings is 3. The molecule has 4 rings (SSSR count). The number of para-hydroxylation sites is 2. The summed E-state index contributed by atoms with van der Waals surface area (Å²) in [5, 5.41) is 2.91. The molecule has 30 heavy (non-hydrogen) atoms. The first kappa shape index (κ1) is 19.3. The van der Waals surface area contributed by atoms with E-state index in [0.29, 0.717) is 18.1 Å². The highest BCUT2D eigenvalue weighted by atomic mass is 16.1. The van der Waals surface area contributed by atoms with Gasteiger partial charge in [0.1, 0.15) is 0 Å². The Balaban J connectivity index is 1.58. The quantitative estimate of drug-likeness (QED) is 0.477. The van der Waals surface area contributed by atoms with Gasteiger partial charge in [-0.2, -0.15) is 0 Å². The van der Waals surface area contributed by atoms with E-state index in [9.17, 15) is 4.79 Å². The Kier molecular flexibility index (Phi) is 5.80. The van der Waals surface area contributed by atoms with E-state index >= 15 is 0 Å². The Morgan fingerprint density at radius 1 is 0.833 bits per heavy atom. The average molecular weight is 394 g/mol. The van der Waals surface area contributed by atoms with Gasteiger partial charge in [0, 0.05) is 23.8 Å². The van der Waals surface area contributed by atoms with E-state index in [-0.39, 0.29) is 5.91 Å². The van der Waals surface area contributed by atoms with Crippen molar-refractivity contribution < 1.29 is 4.79 Å². The highest BCUT2D eigenvalue weighted by Gasteiger charge is 2.15. The van der Waals surface area contributed by atoms with Crippen LogP contribution in [0.15, 0.2) is 97.3 Å². The highest BCUT2D eigenvalue weighted by Crippen LogP contribution is 2.24. The van der Waals surface area contributed by atoms with E-state index in [1.165, 1.54) is 0 Å². The Morgan fingerprint density at radius 3 is 2.10 bits per heavy atom. The fraction of sp³-hybridized carbons (Fsp3) is 0.0800. The maximum atomic E-state index is 12.6. The third kappa shape index (κ3) is 4.52. The zero-order valence-electron chi connectivity index (χ0n) is 16.7. The number of amides is 1. The zero-order valence-corrected chi connectivity index (χ0v) is 16.7. The number of carbonyl (C=O) groups is 1. The number of nitrogens with zero attached hydrogens (tertiary/aromatic N) is 3. The molecular weight excluding hydrogens is 372 g/mol. The van der Waals surface area contributed by atoms with Crippen LogP contribution in [0.1, 0.15) is 21.5 Å². The lowest BCUT2D eigenvalue weighted by atomic mass is 10.2. The number of aromatic nitrogens is 2. The van der Waals surface area contributed by atoms with Gasteiger partial charge >= 0.3 is 0 Å². The molecule has 0 spiro atoms. The van der Waals surface area contributed by atoms with Crippen LogP contribution in [0.3, 0.4) is 0 Å². The van der Waals surface area contributed by atoms with Crippen molar-refractivity contribution in [1.29, 1.82) is 0 Å². The summed E-state index contributed by atoms with van der Waals surface area (Å²) >= 11 is 0. The Hall–Kier alpha value is -3.99. The van der Waals surface area contributed by atoms with Crippen molar-refractivity contribution in [3.8, 4) is 0 Å². The number of hydrogen-bond acceptors (Lipinski definition) is 4. The molecule has 1 amide bonds. The maximum Gasteiger partial charge on any atom is 0.258 e. The molecule has 4 aromatic rings. The molecule has 0 aliphatic rings. The Morgan fingerprint density at radius 2 is 1.43 bits per heavy atom. The number of rotatable bonds is 6. The smallest absolute Gasteiger partial charge is 0.258 e. The minimum Gasteiger partial charge on any atom is -0.322 e. The third-order valence-electron chi connectivity index (χ3n) is 4.79. The van der Waals surface area contributed by atoms with Crippen LogP contribution in [0.4, 0.5) is 17.3 Å². The Labute approximate surface area is 176 Å². The zero-order chi connectivity index (χ0) is 20.8. The summed E-state index contributed by atoms with van der Waals surface area (Å²) in [4.78, 5) is 23.6. The standard InChI is InChI=1S/C25H22N4O/c1-19-10-8-9-15-23(19)28-24(30)21-16-26-25(27-17-21)29(22-13-6-3-7-14-22)18-20-11-4-2-5-12-20/h2-17H,18H2,1H3,(H,28,30). The van der Waals surface area contributed by atoms with Crippen molar-refractivity contribution in [1.82, 2.24) is 9.97 Å². The van der Waals surface area contributed by atoms with Gasteiger partial charge in [-0.05, 0) is 36.2 Å². The van der Waals surface area contributed by atoms with Crippen LogP contribution in [-0.2, 0) is 6.54 Å². The van der Waals surface area contributed by atoms with Crippen LogP contribution in [0.25, 0.3) is 0 Å². The molecule has 0 aliphatic heterocycles. The van der Waals surface area contributed by atoms with Crippen molar-refractivity contribution in [3.05, 3.63) is 114 Å². The molecule has 5 nitrogen and oxygen atoms in total. The number of carbonyl (C=O) groups excluding carboxylic acids is 1. The lowest BCUT2D eigenvalue weighted by Gasteiger charge is -2.23. The van der Waals surface area contributed by atoms with Gasteiger partial charge in [0.2, 0.25) is 5.95 Å². The SMILES string of the molecule is Cc1ccccc1NC(=O)c1cnc(N(Cc2ccccc2)c2ccccc2)nc1. The first-order valence-corrected chi connectivity index (χ1v) is 9.76. The molecular formula is C25H22N4O. The van der Waals surface area contributed by atoms with Crippen molar-refractivity contribution in [2.75, 3.05) is 10.2 Å². The van der Waals surface area contributed by atoms with E-state index in [2.05, 4.69) is 27.4 Å². The molecule has 1 aromatic heterocycles. The minimum atomic E-state index is -0.231. The second kappa shape index (κ2) is 9.01. The highest BCUT2D eigenvalue weighted by molar-refractivity contribution is 6.04. The van der Waals surface area contributed by atoms with E-state index in [4.69, 9.17) is 0 Å². The van der Waals surface area contributed by atoms with Gasteiger partial charge in [0.05, 0.1) is 12.1 Å². The lowest BCUT2D eigenvalue weighted by molar-refractivity contribution is 0.102. The summed E-state index contributed by atoms with van der Waals surface area (Å²) in [6.07, 6.45) is 3.13. The number of hydrogen-bond donors (Lipinski definition) is 1. The number of anilines is 3. The van der Waals surface area contributed by atoms with E-state index in [1.54, 1.807) is 12.4 Å². The molecule has 0 aliphatic carbocycles. The molecule has 1 heterocycles. The predicted octanol–water partition coefficient (Wildman–Crippen LogP) is 5.38. The van der Waals surface area contributed by atoms with Crippen LogP contribution in [0.5, 0.6) is 0 Å². The van der Waals surface area contributed by atoms with Gasteiger partial charge in [-0.25, -0.2) is 9.97 Å². The van der Waals surface area contributed by atoms with E-state index in [0.717, 1.165) is 22.5 Å². The first-order valence-electron chi connectivity index (χ1n) is 9.76. The lowest BCUT2D eigenvalue weighted by Crippen LogP contribution is -2.20.